The number of hydrogen-bond donors (Lipinski definition) is 1. The standard InChI is InChI=1S/C25H27N5O2/c1-5-8-20(6-2)21-9-7-15-30(16-14-21)24(31)13-11-19-10-12-23(28-17-19)29-25(32)22(27-4)18-26-3/h5-6,8-13,17-18H,1-4,7,14-16H2,(H,28,29,32)/b13-11+,20-8+,22-18-. The van der Waals surface area contributed by atoms with Crippen LogP contribution in [0.4, 0.5) is 5.82 Å². The summed E-state index contributed by atoms with van der Waals surface area (Å²) in [4.78, 5) is 37.8. The predicted octanol–water partition coefficient (Wildman–Crippen LogP) is 4.12. The minimum Gasteiger partial charge on any atom is -0.339 e. The van der Waals surface area contributed by atoms with E-state index >= 15 is 0 Å². The first-order valence-corrected chi connectivity index (χ1v) is 10.0. The molecule has 1 aromatic rings. The van der Waals surface area contributed by atoms with Gasteiger partial charge in [0.05, 0.1) is 6.20 Å². The van der Waals surface area contributed by atoms with E-state index in [9.17, 15) is 9.59 Å². The van der Waals surface area contributed by atoms with Gasteiger partial charge in [-0.15, -0.1) is 0 Å². The van der Waals surface area contributed by atoms with Gasteiger partial charge in [-0.3, -0.25) is 19.6 Å². The molecule has 0 saturated carbocycles. The van der Waals surface area contributed by atoms with Gasteiger partial charge in [0.1, 0.15) is 11.5 Å². The van der Waals surface area contributed by atoms with Gasteiger partial charge in [0, 0.05) is 25.4 Å². The third-order valence-corrected chi connectivity index (χ3v) is 4.70. The minimum atomic E-state index is -0.491. The molecule has 2 heterocycles. The lowest BCUT2D eigenvalue weighted by molar-refractivity contribution is -0.125. The molecule has 1 aromatic heterocycles. The van der Waals surface area contributed by atoms with Crippen LogP contribution in [-0.4, -0.2) is 48.2 Å². The molecule has 32 heavy (non-hydrogen) atoms. The average Bonchev–Trinajstić information content (AvgIpc) is 3.06. The minimum absolute atomic E-state index is 0.0339. The van der Waals surface area contributed by atoms with Crippen LogP contribution in [-0.2, 0) is 9.59 Å². The summed E-state index contributed by atoms with van der Waals surface area (Å²) in [7, 11) is 0. The molecule has 2 amide bonds. The molecule has 1 N–H and O–H groups in total. The zero-order chi connectivity index (χ0) is 23.3. The first-order valence-electron chi connectivity index (χ1n) is 10.0. The molecule has 0 spiro atoms. The maximum absolute atomic E-state index is 12.6. The normalized spacial score (nSPS) is 14.9. The van der Waals surface area contributed by atoms with Crippen LogP contribution in [0.1, 0.15) is 18.4 Å². The Labute approximate surface area is 188 Å². The SMILES string of the molecule is C=C/C=C(\C=C)C1=CCCN(C(=O)/C=C/c2ccc(NC(=O)/C(=C/N=C)N=C)nc2)CC1. The molecule has 7 nitrogen and oxygen atoms in total. The van der Waals surface area contributed by atoms with Crippen molar-refractivity contribution in [2.24, 2.45) is 9.98 Å². The van der Waals surface area contributed by atoms with E-state index in [-0.39, 0.29) is 11.6 Å². The topological polar surface area (TPSA) is 87.0 Å². The van der Waals surface area contributed by atoms with Crippen molar-refractivity contribution in [3.63, 3.8) is 0 Å². The lowest BCUT2D eigenvalue weighted by Crippen LogP contribution is -2.30. The third kappa shape index (κ3) is 6.98. The number of amides is 2. The highest BCUT2D eigenvalue weighted by Crippen LogP contribution is 2.20. The number of pyridine rings is 1. The van der Waals surface area contributed by atoms with Gasteiger partial charge >= 0.3 is 0 Å². The lowest BCUT2D eigenvalue weighted by Gasteiger charge is -2.18. The van der Waals surface area contributed by atoms with Crippen molar-refractivity contribution in [2.75, 3.05) is 18.4 Å². The number of carbonyl (C=O) groups excluding carboxylic acids is 2. The summed E-state index contributed by atoms with van der Waals surface area (Å²) in [5, 5.41) is 2.59. The van der Waals surface area contributed by atoms with E-state index in [1.54, 1.807) is 30.5 Å². The molecule has 1 aliphatic rings. The van der Waals surface area contributed by atoms with Crippen molar-refractivity contribution in [3.8, 4) is 0 Å². The van der Waals surface area contributed by atoms with Crippen molar-refractivity contribution < 1.29 is 9.59 Å². The van der Waals surface area contributed by atoms with Crippen LogP contribution in [0, 0.1) is 0 Å². The van der Waals surface area contributed by atoms with E-state index in [0.717, 1.165) is 24.0 Å². The summed E-state index contributed by atoms with van der Waals surface area (Å²) in [5.41, 5.74) is 2.98. The van der Waals surface area contributed by atoms with E-state index in [1.807, 2.05) is 17.1 Å². The van der Waals surface area contributed by atoms with E-state index in [4.69, 9.17) is 0 Å². The smallest absolute Gasteiger partial charge is 0.276 e. The fourth-order valence-electron chi connectivity index (χ4n) is 3.07. The van der Waals surface area contributed by atoms with Gasteiger partial charge in [0.15, 0.2) is 0 Å². The number of rotatable bonds is 9. The number of aromatic nitrogens is 1. The number of anilines is 1. The maximum Gasteiger partial charge on any atom is 0.276 e. The van der Waals surface area contributed by atoms with Crippen LogP contribution < -0.4 is 5.32 Å². The van der Waals surface area contributed by atoms with E-state index < -0.39 is 5.91 Å². The first-order chi connectivity index (χ1) is 15.5. The van der Waals surface area contributed by atoms with Gasteiger partial charge < -0.3 is 10.2 Å². The van der Waals surface area contributed by atoms with Crippen LogP contribution in [0.3, 0.4) is 0 Å². The lowest BCUT2D eigenvalue weighted by atomic mass is 10.0. The molecule has 0 radical (unpaired) electrons. The molecule has 0 unspecified atom stereocenters. The molecule has 7 heteroatoms. The Morgan fingerprint density at radius 3 is 2.62 bits per heavy atom. The molecule has 164 valence electrons. The zero-order valence-electron chi connectivity index (χ0n) is 18.0. The Hall–Kier alpha value is -4.13. The third-order valence-electron chi connectivity index (χ3n) is 4.70. The van der Waals surface area contributed by atoms with Crippen molar-refractivity contribution in [1.82, 2.24) is 9.88 Å². The summed E-state index contributed by atoms with van der Waals surface area (Å²) in [6.07, 6.45) is 15.2. The van der Waals surface area contributed by atoms with Crippen LogP contribution in [0.25, 0.3) is 6.08 Å². The largest absolute Gasteiger partial charge is 0.339 e. The first kappa shape index (κ1) is 24.1. The monoisotopic (exact) mass is 429 g/mol. The summed E-state index contributed by atoms with van der Waals surface area (Å²) < 4.78 is 0. The fraction of sp³-hybridized carbons (Fsp3) is 0.160. The fourth-order valence-corrected chi connectivity index (χ4v) is 3.07. The van der Waals surface area contributed by atoms with E-state index in [0.29, 0.717) is 18.9 Å². The molecule has 0 fully saturated rings. The Morgan fingerprint density at radius 2 is 2.00 bits per heavy atom. The maximum atomic E-state index is 12.6. The molecule has 0 aromatic carbocycles. The molecule has 1 aliphatic heterocycles. The Morgan fingerprint density at radius 1 is 1.19 bits per heavy atom. The zero-order valence-corrected chi connectivity index (χ0v) is 18.0. The van der Waals surface area contributed by atoms with Crippen LogP contribution >= 0.6 is 0 Å². The van der Waals surface area contributed by atoms with Crippen molar-refractivity contribution >= 4 is 37.1 Å². The molecular weight excluding hydrogens is 402 g/mol. The van der Waals surface area contributed by atoms with Crippen LogP contribution in [0.15, 0.2) is 94.9 Å². The molecule has 0 saturated heterocycles. The number of allylic oxidation sites excluding steroid dienone is 4. The van der Waals surface area contributed by atoms with Crippen LogP contribution in [0.5, 0.6) is 0 Å². The second-order valence-electron chi connectivity index (χ2n) is 6.77. The number of hydrogen-bond acceptors (Lipinski definition) is 5. The average molecular weight is 430 g/mol. The number of carbonyl (C=O) groups is 2. The Balaban J connectivity index is 1.96. The quantitative estimate of drug-likeness (QED) is 0.364. The second-order valence-corrected chi connectivity index (χ2v) is 6.77. The summed E-state index contributed by atoms with van der Waals surface area (Å²) in [5.74, 6) is -0.211. The number of aliphatic imine (C=N–C) groups is 2. The van der Waals surface area contributed by atoms with Gasteiger partial charge in [0.25, 0.3) is 5.91 Å². The summed E-state index contributed by atoms with van der Waals surface area (Å²) >= 11 is 0. The number of nitrogens with one attached hydrogen (secondary N) is 1. The second kappa shape index (κ2) is 12.5. The molecule has 0 atom stereocenters. The molecule has 2 rings (SSSR count). The summed E-state index contributed by atoms with van der Waals surface area (Å²) in [6, 6.07) is 3.39. The van der Waals surface area contributed by atoms with Gasteiger partial charge in [-0.1, -0.05) is 37.5 Å². The van der Waals surface area contributed by atoms with Gasteiger partial charge in [-0.05, 0) is 61.2 Å². The summed E-state index contributed by atoms with van der Waals surface area (Å²) in [6.45, 7) is 15.5. The molecular formula is C25H27N5O2. The number of nitrogens with zero attached hydrogens (tertiary/aromatic N) is 4. The van der Waals surface area contributed by atoms with Crippen LogP contribution in [0.2, 0.25) is 0 Å². The van der Waals surface area contributed by atoms with Gasteiger partial charge in [-0.25, -0.2) is 4.98 Å². The highest BCUT2D eigenvalue weighted by atomic mass is 16.2. The van der Waals surface area contributed by atoms with E-state index in [2.05, 4.69) is 53.0 Å². The van der Waals surface area contributed by atoms with Gasteiger partial charge in [0.2, 0.25) is 5.91 Å². The Bertz CT molecular complexity index is 1010. The van der Waals surface area contributed by atoms with Crippen molar-refractivity contribution in [1.29, 1.82) is 0 Å². The van der Waals surface area contributed by atoms with Crippen molar-refractivity contribution in [3.05, 3.63) is 90.5 Å². The predicted molar refractivity (Wildman–Crippen MR) is 131 cm³/mol. The molecule has 0 bridgehead atoms. The van der Waals surface area contributed by atoms with E-state index in [1.165, 1.54) is 17.8 Å². The molecule has 0 aliphatic carbocycles. The Kier molecular flexibility index (Phi) is 9.46. The van der Waals surface area contributed by atoms with Crippen molar-refractivity contribution in [2.45, 2.75) is 12.8 Å². The highest BCUT2D eigenvalue weighted by molar-refractivity contribution is 6.03. The highest BCUT2D eigenvalue weighted by Gasteiger charge is 2.15. The van der Waals surface area contributed by atoms with Gasteiger partial charge in [-0.2, -0.15) is 0 Å².